The number of rotatable bonds is 6. The van der Waals surface area contributed by atoms with Gasteiger partial charge in [0.2, 0.25) is 5.96 Å². The van der Waals surface area contributed by atoms with Crippen molar-refractivity contribution < 1.29 is 4.74 Å². The molecule has 0 radical (unpaired) electrons. The molecule has 0 fully saturated rings. The number of methoxy groups -OCH3 is 1. The van der Waals surface area contributed by atoms with E-state index in [1.54, 1.807) is 18.9 Å². The Kier molecular flexibility index (Phi) is 8.55. The molecule has 2 unspecified atom stereocenters. The number of nitrogens with zero attached hydrogens (tertiary/aromatic N) is 1. The van der Waals surface area contributed by atoms with Gasteiger partial charge in [-0.25, -0.2) is 10.8 Å². The first-order chi connectivity index (χ1) is 7.13. The van der Waals surface area contributed by atoms with Gasteiger partial charge < -0.3 is 10.1 Å². The molecule has 5 nitrogen and oxygen atoms in total. The fourth-order valence-electron chi connectivity index (χ4n) is 1.14. The number of hydrazine groups is 1. The zero-order valence-corrected chi connectivity index (χ0v) is 10.7. The van der Waals surface area contributed by atoms with Crippen LogP contribution in [0.5, 0.6) is 0 Å². The van der Waals surface area contributed by atoms with E-state index in [0.717, 1.165) is 5.75 Å². The number of aliphatic imine (C=N–C) groups is 1. The van der Waals surface area contributed by atoms with Gasteiger partial charge in [-0.2, -0.15) is 11.8 Å². The maximum Gasteiger partial charge on any atom is 0.206 e. The van der Waals surface area contributed by atoms with Crippen LogP contribution < -0.4 is 16.6 Å². The minimum absolute atomic E-state index is 0.0926. The summed E-state index contributed by atoms with van der Waals surface area (Å²) in [5.74, 6) is 7.00. The van der Waals surface area contributed by atoms with Crippen molar-refractivity contribution in [1.29, 1.82) is 0 Å². The highest BCUT2D eigenvalue weighted by Gasteiger charge is 2.05. The Balaban J connectivity index is 4.09. The molecule has 0 aliphatic heterocycles. The highest BCUT2D eigenvalue weighted by Crippen LogP contribution is 1.96. The zero-order valence-electron chi connectivity index (χ0n) is 9.91. The molecule has 90 valence electrons. The largest absolute Gasteiger partial charge is 0.382 e. The molecule has 0 aromatic carbocycles. The quantitative estimate of drug-likeness (QED) is 0.265. The van der Waals surface area contributed by atoms with Gasteiger partial charge in [-0.1, -0.05) is 0 Å². The molecule has 0 aromatic rings. The molecule has 0 amide bonds. The molecule has 0 aliphatic rings. The van der Waals surface area contributed by atoms with Crippen molar-refractivity contribution in [2.24, 2.45) is 10.8 Å². The highest BCUT2D eigenvalue weighted by atomic mass is 32.2. The summed E-state index contributed by atoms with van der Waals surface area (Å²) in [5, 5.41) is 3.19. The summed E-state index contributed by atoms with van der Waals surface area (Å²) >= 11 is 1.78. The van der Waals surface area contributed by atoms with Crippen LogP contribution in [0, 0.1) is 0 Å². The summed E-state index contributed by atoms with van der Waals surface area (Å²) in [5.41, 5.74) is 2.55. The Bertz CT molecular complexity index is 189. The fraction of sp³-hybridized carbons (Fsp3) is 0.889. The molecule has 0 spiro atoms. The smallest absolute Gasteiger partial charge is 0.206 e. The van der Waals surface area contributed by atoms with Crippen LogP contribution in [0.4, 0.5) is 0 Å². The van der Waals surface area contributed by atoms with Crippen LogP contribution in [0.3, 0.4) is 0 Å². The molecule has 4 N–H and O–H groups in total. The third kappa shape index (κ3) is 7.47. The SMILES string of the molecule is COCC(C)N=C(NN)NC(C)CSC. The van der Waals surface area contributed by atoms with Crippen molar-refractivity contribution >= 4 is 17.7 Å². The Morgan fingerprint density at radius 3 is 2.67 bits per heavy atom. The van der Waals surface area contributed by atoms with Gasteiger partial charge in [-0.05, 0) is 20.1 Å². The lowest BCUT2D eigenvalue weighted by Crippen LogP contribution is -2.47. The van der Waals surface area contributed by atoms with Crippen LogP contribution in [0.15, 0.2) is 4.99 Å². The Morgan fingerprint density at radius 2 is 2.20 bits per heavy atom. The van der Waals surface area contributed by atoms with E-state index in [-0.39, 0.29) is 6.04 Å². The molecule has 0 saturated carbocycles. The molecule has 0 rings (SSSR count). The molecule has 0 aromatic heterocycles. The van der Waals surface area contributed by atoms with Gasteiger partial charge in [-0.15, -0.1) is 0 Å². The molecule has 0 bridgehead atoms. The number of nitrogens with one attached hydrogen (secondary N) is 2. The highest BCUT2D eigenvalue weighted by molar-refractivity contribution is 7.98. The van der Waals surface area contributed by atoms with Gasteiger partial charge in [0, 0.05) is 18.9 Å². The average molecular weight is 234 g/mol. The summed E-state index contributed by atoms with van der Waals surface area (Å²) in [6.07, 6.45) is 2.07. The van der Waals surface area contributed by atoms with Gasteiger partial charge >= 0.3 is 0 Å². The number of guanidine groups is 1. The molecule has 6 heteroatoms. The van der Waals surface area contributed by atoms with Gasteiger partial charge in [0.1, 0.15) is 0 Å². The van der Waals surface area contributed by atoms with E-state index in [4.69, 9.17) is 10.6 Å². The first-order valence-corrected chi connectivity index (χ1v) is 6.32. The van der Waals surface area contributed by atoms with E-state index >= 15 is 0 Å². The van der Waals surface area contributed by atoms with E-state index in [9.17, 15) is 0 Å². The number of thioether (sulfide) groups is 1. The summed E-state index contributed by atoms with van der Waals surface area (Å²) in [4.78, 5) is 4.34. The van der Waals surface area contributed by atoms with Crippen LogP contribution in [0.2, 0.25) is 0 Å². The number of hydrogen-bond acceptors (Lipinski definition) is 4. The van der Waals surface area contributed by atoms with Crippen LogP contribution in [-0.2, 0) is 4.74 Å². The lowest BCUT2D eigenvalue weighted by Gasteiger charge is -2.16. The third-order valence-electron chi connectivity index (χ3n) is 1.69. The van der Waals surface area contributed by atoms with Gasteiger partial charge in [0.15, 0.2) is 0 Å². The van der Waals surface area contributed by atoms with E-state index in [0.29, 0.717) is 18.6 Å². The summed E-state index contributed by atoms with van der Waals surface area (Å²) in [6.45, 7) is 4.65. The second-order valence-corrected chi connectivity index (χ2v) is 4.34. The number of ether oxygens (including phenoxy) is 1. The van der Waals surface area contributed by atoms with Crippen molar-refractivity contribution in [3.8, 4) is 0 Å². The second-order valence-electron chi connectivity index (χ2n) is 3.43. The third-order valence-corrected chi connectivity index (χ3v) is 2.53. The van der Waals surface area contributed by atoms with Crippen molar-refractivity contribution in [3.05, 3.63) is 0 Å². The Hall–Kier alpha value is -0.460. The molecular weight excluding hydrogens is 212 g/mol. The van der Waals surface area contributed by atoms with E-state index in [2.05, 4.69) is 28.9 Å². The van der Waals surface area contributed by atoms with E-state index < -0.39 is 0 Å². The van der Waals surface area contributed by atoms with Crippen molar-refractivity contribution in [2.75, 3.05) is 25.7 Å². The van der Waals surface area contributed by atoms with Gasteiger partial charge in [0.25, 0.3) is 0 Å². The van der Waals surface area contributed by atoms with Crippen molar-refractivity contribution in [1.82, 2.24) is 10.7 Å². The first kappa shape index (κ1) is 14.5. The summed E-state index contributed by atoms with van der Waals surface area (Å²) in [6, 6.07) is 0.430. The summed E-state index contributed by atoms with van der Waals surface area (Å²) < 4.78 is 4.99. The normalized spacial score (nSPS) is 15.9. The molecule has 15 heavy (non-hydrogen) atoms. The van der Waals surface area contributed by atoms with E-state index in [1.807, 2.05) is 6.92 Å². The monoisotopic (exact) mass is 234 g/mol. The van der Waals surface area contributed by atoms with E-state index in [1.165, 1.54) is 0 Å². The average Bonchev–Trinajstić information content (AvgIpc) is 2.17. The predicted octanol–water partition coefficient (Wildman–Crippen LogP) is 0.182. The molecule has 2 atom stereocenters. The minimum atomic E-state index is 0.0926. The predicted molar refractivity (Wildman–Crippen MR) is 67.1 cm³/mol. The number of nitrogens with two attached hydrogens (primary N) is 1. The zero-order chi connectivity index (χ0) is 11.7. The summed E-state index contributed by atoms with van der Waals surface area (Å²) in [7, 11) is 1.66. The van der Waals surface area contributed by atoms with Gasteiger partial charge in [0.05, 0.1) is 12.6 Å². The maximum absolute atomic E-state index is 5.37. The number of hydrogen-bond donors (Lipinski definition) is 3. The minimum Gasteiger partial charge on any atom is -0.382 e. The maximum atomic E-state index is 5.37. The molecule has 0 aliphatic carbocycles. The fourth-order valence-corrected chi connectivity index (χ4v) is 1.72. The second kappa shape index (κ2) is 8.82. The standard InChI is InChI=1S/C9H22N4OS/c1-7(5-14-3)11-9(13-10)12-8(2)6-15-4/h7-8H,5-6,10H2,1-4H3,(H2,11,12,13). The van der Waals surface area contributed by atoms with Crippen molar-refractivity contribution in [2.45, 2.75) is 25.9 Å². The molecule has 0 heterocycles. The Morgan fingerprint density at radius 1 is 1.53 bits per heavy atom. The first-order valence-electron chi connectivity index (χ1n) is 4.92. The van der Waals surface area contributed by atoms with Crippen LogP contribution in [0.25, 0.3) is 0 Å². The lowest BCUT2D eigenvalue weighted by atomic mass is 10.4. The van der Waals surface area contributed by atoms with Crippen molar-refractivity contribution in [3.63, 3.8) is 0 Å². The molecular formula is C9H22N4OS. The van der Waals surface area contributed by atoms with Crippen LogP contribution in [0.1, 0.15) is 13.8 Å². The van der Waals surface area contributed by atoms with Crippen LogP contribution >= 0.6 is 11.8 Å². The van der Waals surface area contributed by atoms with Crippen LogP contribution in [-0.4, -0.2) is 43.8 Å². The topological polar surface area (TPSA) is 71.7 Å². The lowest BCUT2D eigenvalue weighted by molar-refractivity contribution is 0.185. The molecule has 0 saturated heterocycles. The van der Waals surface area contributed by atoms with Gasteiger partial charge in [-0.3, -0.25) is 5.43 Å². The Labute approximate surface area is 96.2 Å².